The Morgan fingerprint density at radius 1 is 0.846 bits per heavy atom. The molecule has 0 heterocycles. The molecule has 0 saturated carbocycles. The van der Waals surface area contributed by atoms with Crippen molar-refractivity contribution in [1.29, 1.82) is 0 Å². The summed E-state index contributed by atoms with van der Waals surface area (Å²) in [4.78, 5) is 0. The number of anilines is 2. The van der Waals surface area contributed by atoms with Crippen molar-refractivity contribution in [2.75, 3.05) is 36.9 Å². The highest BCUT2D eigenvalue weighted by atomic mass is 16.5. The molecule has 0 spiro atoms. The Hall–Kier alpha value is -2.36. The van der Waals surface area contributed by atoms with Gasteiger partial charge in [-0.3, -0.25) is 0 Å². The first kappa shape index (κ1) is 20.0. The zero-order chi connectivity index (χ0) is 18.6. The second-order valence-corrected chi connectivity index (χ2v) is 6.82. The van der Waals surface area contributed by atoms with Gasteiger partial charge < -0.3 is 20.1 Å². The Kier molecular flexibility index (Phi) is 8.67. The summed E-state index contributed by atoms with van der Waals surface area (Å²) in [6.07, 6.45) is 2.23. The van der Waals surface area contributed by atoms with Crippen molar-refractivity contribution >= 4 is 11.4 Å². The van der Waals surface area contributed by atoms with Crippen LogP contribution in [0, 0.1) is 5.92 Å². The fourth-order valence-corrected chi connectivity index (χ4v) is 2.40. The molecule has 26 heavy (non-hydrogen) atoms. The van der Waals surface area contributed by atoms with E-state index >= 15 is 0 Å². The van der Waals surface area contributed by atoms with E-state index in [1.54, 1.807) is 0 Å². The maximum absolute atomic E-state index is 5.77. The van der Waals surface area contributed by atoms with Crippen LogP contribution in [0.3, 0.4) is 0 Å². The monoisotopic (exact) mass is 356 g/mol. The number of benzene rings is 2. The van der Waals surface area contributed by atoms with Crippen LogP contribution in [0.4, 0.5) is 11.4 Å². The van der Waals surface area contributed by atoms with Gasteiger partial charge in [0.05, 0.1) is 13.2 Å². The van der Waals surface area contributed by atoms with Crippen LogP contribution in [-0.2, 0) is 0 Å². The van der Waals surface area contributed by atoms with E-state index in [1.807, 2.05) is 30.3 Å². The molecule has 4 heteroatoms. The molecule has 2 rings (SSSR count). The molecule has 0 aliphatic rings. The molecular formula is C22H32N2O2. The third kappa shape index (κ3) is 7.68. The Bertz CT molecular complexity index is 644. The van der Waals surface area contributed by atoms with Gasteiger partial charge in [0.1, 0.15) is 11.5 Å². The molecule has 142 valence electrons. The normalized spacial score (nSPS) is 10.6. The second kappa shape index (κ2) is 11.3. The summed E-state index contributed by atoms with van der Waals surface area (Å²) < 4.78 is 11.5. The predicted molar refractivity (Wildman–Crippen MR) is 111 cm³/mol. The largest absolute Gasteiger partial charge is 0.494 e. The number of hydrogen-bond donors (Lipinski definition) is 2. The molecule has 0 aliphatic carbocycles. The minimum atomic E-state index is 0.525. The lowest BCUT2D eigenvalue weighted by molar-refractivity contribution is 0.271. The van der Waals surface area contributed by atoms with Crippen LogP contribution in [-0.4, -0.2) is 26.3 Å². The van der Waals surface area contributed by atoms with Gasteiger partial charge in [0.2, 0.25) is 0 Å². The van der Waals surface area contributed by atoms with Gasteiger partial charge in [0.25, 0.3) is 0 Å². The highest BCUT2D eigenvalue weighted by Gasteiger charge is 2.00. The van der Waals surface area contributed by atoms with E-state index in [0.717, 1.165) is 62.0 Å². The highest BCUT2D eigenvalue weighted by Crippen LogP contribution is 2.19. The zero-order valence-corrected chi connectivity index (χ0v) is 16.3. The standard InChI is InChI=1S/C22H32N2O2/c1-4-5-14-25-21-10-6-8-19(15-21)23-12-13-24-20-9-7-11-22(16-20)26-17-18(2)3/h6-11,15-16,18,23-24H,4-5,12-14,17H2,1-3H3. The third-order valence-electron chi connectivity index (χ3n) is 3.80. The Morgan fingerprint density at radius 2 is 1.42 bits per heavy atom. The maximum atomic E-state index is 5.77. The van der Waals surface area contributed by atoms with Gasteiger partial charge in [0.15, 0.2) is 0 Å². The summed E-state index contributed by atoms with van der Waals surface area (Å²) in [5.41, 5.74) is 2.15. The van der Waals surface area contributed by atoms with Crippen molar-refractivity contribution in [3.8, 4) is 11.5 Å². The van der Waals surface area contributed by atoms with Crippen molar-refractivity contribution in [3.63, 3.8) is 0 Å². The molecule has 0 radical (unpaired) electrons. The van der Waals surface area contributed by atoms with Crippen LogP contribution >= 0.6 is 0 Å². The van der Waals surface area contributed by atoms with Crippen molar-refractivity contribution < 1.29 is 9.47 Å². The Labute approximate surface area is 157 Å². The van der Waals surface area contributed by atoms with Crippen molar-refractivity contribution in [2.24, 2.45) is 5.92 Å². The van der Waals surface area contributed by atoms with Crippen LogP contribution in [0.15, 0.2) is 48.5 Å². The Morgan fingerprint density at radius 3 is 1.96 bits per heavy atom. The van der Waals surface area contributed by atoms with E-state index in [9.17, 15) is 0 Å². The lowest BCUT2D eigenvalue weighted by Crippen LogP contribution is -2.13. The number of hydrogen-bond acceptors (Lipinski definition) is 4. The van der Waals surface area contributed by atoms with Crippen LogP contribution in [0.1, 0.15) is 33.6 Å². The fraction of sp³-hybridized carbons (Fsp3) is 0.455. The van der Waals surface area contributed by atoms with Gasteiger partial charge in [-0.25, -0.2) is 0 Å². The van der Waals surface area contributed by atoms with Gasteiger partial charge in [-0.05, 0) is 36.6 Å². The number of nitrogens with one attached hydrogen (secondary N) is 2. The smallest absolute Gasteiger partial charge is 0.121 e. The van der Waals surface area contributed by atoms with Crippen LogP contribution in [0.25, 0.3) is 0 Å². The summed E-state index contributed by atoms with van der Waals surface area (Å²) in [5.74, 6) is 2.36. The lowest BCUT2D eigenvalue weighted by Gasteiger charge is -2.12. The van der Waals surface area contributed by atoms with Crippen molar-refractivity contribution in [3.05, 3.63) is 48.5 Å². The van der Waals surface area contributed by atoms with E-state index in [2.05, 4.69) is 49.6 Å². The SMILES string of the molecule is CCCCOc1cccc(NCCNc2cccc(OCC(C)C)c2)c1. The average Bonchev–Trinajstić information content (AvgIpc) is 2.65. The van der Waals surface area contributed by atoms with Gasteiger partial charge in [0, 0.05) is 36.6 Å². The van der Waals surface area contributed by atoms with Gasteiger partial charge in [-0.2, -0.15) is 0 Å². The number of rotatable bonds is 12. The molecule has 0 bridgehead atoms. The maximum Gasteiger partial charge on any atom is 0.121 e. The molecule has 0 saturated heterocycles. The molecule has 0 fully saturated rings. The first-order chi connectivity index (χ1) is 12.7. The molecular weight excluding hydrogens is 324 g/mol. The van der Waals surface area contributed by atoms with Crippen molar-refractivity contribution in [1.82, 2.24) is 0 Å². The summed E-state index contributed by atoms with van der Waals surface area (Å²) in [6, 6.07) is 16.3. The molecule has 0 atom stereocenters. The van der Waals surface area contributed by atoms with E-state index in [0.29, 0.717) is 5.92 Å². The minimum Gasteiger partial charge on any atom is -0.494 e. The fourth-order valence-electron chi connectivity index (χ4n) is 2.40. The number of ether oxygens (including phenoxy) is 2. The van der Waals surface area contributed by atoms with E-state index in [-0.39, 0.29) is 0 Å². The molecule has 2 aromatic carbocycles. The van der Waals surface area contributed by atoms with Crippen LogP contribution in [0.5, 0.6) is 11.5 Å². The molecule has 0 unspecified atom stereocenters. The first-order valence-electron chi connectivity index (χ1n) is 9.61. The second-order valence-electron chi connectivity index (χ2n) is 6.82. The molecule has 4 nitrogen and oxygen atoms in total. The predicted octanol–water partition coefficient (Wildman–Crippen LogP) is 5.42. The number of unbranched alkanes of at least 4 members (excludes halogenated alkanes) is 1. The summed E-state index contributed by atoms with van der Waals surface area (Å²) >= 11 is 0. The van der Waals surface area contributed by atoms with Crippen molar-refractivity contribution in [2.45, 2.75) is 33.6 Å². The topological polar surface area (TPSA) is 42.5 Å². The van der Waals surface area contributed by atoms with E-state index < -0.39 is 0 Å². The quantitative estimate of drug-likeness (QED) is 0.498. The van der Waals surface area contributed by atoms with E-state index in [1.165, 1.54) is 0 Å². The molecule has 2 aromatic rings. The summed E-state index contributed by atoms with van der Waals surface area (Å²) in [6.45, 7) is 9.64. The van der Waals surface area contributed by atoms with Gasteiger partial charge in [-0.15, -0.1) is 0 Å². The molecule has 2 N–H and O–H groups in total. The lowest BCUT2D eigenvalue weighted by atomic mass is 10.2. The highest BCUT2D eigenvalue weighted by molar-refractivity contribution is 5.50. The van der Waals surface area contributed by atoms with Crippen LogP contribution < -0.4 is 20.1 Å². The third-order valence-corrected chi connectivity index (χ3v) is 3.80. The van der Waals surface area contributed by atoms with Gasteiger partial charge >= 0.3 is 0 Å². The molecule has 0 amide bonds. The summed E-state index contributed by atoms with van der Waals surface area (Å²) in [7, 11) is 0. The van der Waals surface area contributed by atoms with E-state index in [4.69, 9.17) is 9.47 Å². The Balaban J connectivity index is 1.73. The van der Waals surface area contributed by atoms with Gasteiger partial charge in [-0.1, -0.05) is 39.3 Å². The summed E-state index contributed by atoms with van der Waals surface area (Å²) in [5, 5.41) is 6.85. The first-order valence-corrected chi connectivity index (χ1v) is 9.61. The minimum absolute atomic E-state index is 0.525. The average molecular weight is 357 g/mol. The van der Waals surface area contributed by atoms with Crippen LogP contribution in [0.2, 0.25) is 0 Å². The molecule has 0 aromatic heterocycles. The zero-order valence-electron chi connectivity index (χ0n) is 16.3. The molecule has 0 aliphatic heterocycles.